The first kappa shape index (κ1) is 17.1. The fourth-order valence-corrected chi connectivity index (χ4v) is 1.81. The van der Waals surface area contributed by atoms with Gasteiger partial charge in [0.2, 0.25) is 0 Å². The van der Waals surface area contributed by atoms with Crippen LogP contribution in [0.3, 0.4) is 0 Å². The zero-order valence-corrected chi connectivity index (χ0v) is 13.0. The number of carbonyl (C=O) groups excluding carboxylic acids is 1. The van der Waals surface area contributed by atoms with Crippen LogP contribution in [0.5, 0.6) is 11.5 Å². The SMILES string of the molecule is COc1ccc(CC(CN)NC(=O)OC(C)(C)C)cc1O. The molecule has 118 valence electrons. The van der Waals surface area contributed by atoms with Gasteiger partial charge in [0.25, 0.3) is 0 Å². The summed E-state index contributed by atoms with van der Waals surface area (Å²) in [7, 11) is 1.49. The molecule has 4 N–H and O–H groups in total. The number of benzene rings is 1. The Morgan fingerprint density at radius 2 is 2.10 bits per heavy atom. The molecule has 6 nitrogen and oxygen atoms in total. The number of phenols is 1. The molecular weight excluding hydrogens is 272 g/mol. The Morgan fingerprint density at radius 1 is 1.43 bits per heavy atom. The number of ether oxygens (including phenoxy) is 2. The molecule has 0 radical (unpaired) electrons. The largest absolute Gasteiger partial charge is 0.504 e. The molecule has 1 amide bonds. The molecule has 1 rings (SSSR count). The zero-order valence-electron chi connectivity index (χ0n) is 13.0. The maximum absolute atomic E-state index is 11.7. The number of aromatic hydroxyl groups is 1. The summed E-state index contributed by atoms with van der Waals surface area (Å²) in [6.45, 7) is 5.66. The van der Waals surface area contributed by atoms with Crippen molar-refractivity contribution in [3.63, 3.8) is 0 Å². The van der Waals surface area contributed by atoms with Crippen LogP contribution in [0.1, 0.15) is 26.3 Å². The van der Waals surface area contributed by atoms with Gasteiger partial charge in [-0.1, -0.05) is 6.07 Å². The van der Waals surface area contributed by atoms with Gasteiger partial charge in [-0.05, 0) is 44.9 Å². The van der Waals surface area contributed by atoms with Crippen molar-refractivity contribution >= 4 is 6.09 Å². The van der Waals surface area contributed by atoms with Crippen LogP contribution in [0.2, 0.25) is 0 Å². The van der Waals surface area contributed by atoms with E-state index in [1.165, 1.54) is 7.11 Å². The first-order valence-electron chi connectivity index (χ1n) is 6.80. The molecule has 0 aromatic heterocycles. The van der Waals surface area contributed by atoms with Crippen LogP contribution >= 0.6 is 0 Å². The van der Waals surface area contributed by atoms with E-state index >= 15 is 0 Å². The Balaban J connectivity index is 2.66. The molecule has 0 saturated carbocycles. The summed E-state index contributed by atoms with van der Waals surface area (Å²) in [5, 5.41) is 12.5. The van der Waals surface area contributed by atoms with Crippen molar-refractivity contribution in [2.24, 2.45) is 5.73 Å². The topological polar surface area (TPSA) is 93.8 Å². The van der Waals surface area contributed by atoms with Gasteiger partial charge in [-0.3, -0.25) is 0 Å². The van der Waals surface area contributed by atoms with Crippen molar-refractivity contribution in [1.29, 1.82) is 0 Å². The summed E-state index contributed by atoms with van der Waals surface area (Å²) in [4.78, 5) is 11.7. The number of amides is 1. The van der Waals surface area contributed by atoms with Crippen LogP contribution < -0.4 is 15.8 Å². The normalized spacial score (nSPS) is 12.6. The molecule has 0 heterocycles. The van der Waals surface area contributed by atoms with Crippen molar-refractivity contribution in [1.82, 2.24) is 5.32 Å². The van der Waals surface area contributed by atoms with Crippen LogP contribution in [-0.2, 0) is 11.2 Å². The fraction of sp³-hybridized carbons (Fsp3) is 0.533. The third-order valence-electron chi connectivity index (χ3n) is 2.73. The first-order valence-corrected chi connectivity index (χ1v) is 6.80. The van der Waals surface area contributed by atoms with Gasteiger partial charge in [0.15, 0.2) is 11.5 Å². The average Bonchev–Trinajstić information content (AvgIpc) is 2.36. The molecule has 0 aliphatic carbocycles. The standard InChI is InChI=1S/C15H24N2O4/c1-15(2,3)21-14(19)17-11(9-16)7-10-5-6-13(20-4)12(18)8-10/h5-6,8,11,18H,7,9,16H2,1-4H3,(H,17,19). The molecule has 1 unspecified atom stereocenters. The number of alkyl carbamates (subject to hydrolysis) is 1. The highest BCUT2D eigenvalue weighted by molar-refractivity contribution is 5.68. The average molecular weight is 296 g/mol. The van der Waals surface area contributed by atoms with Gasteiger partial charge in [-0.2, -0.15) is 0 Å². The predicted molar refractivity (Wildman–Crippen MR) is 80.6 cm³/mol. The Labute approximate surface area is 125 Å². The highest BCUT2D eigenvalue weighted by Gasteiger charge is 2.19. The van der Waals surface area contributed by atoms with Crippen LogP contribution in [0.4, 0.5) is 4.79 Å². The minimum absolute atomic E-state index is 0.0584. The second-order valence-electron chi connectivity index (χ2n) is 5.79. The summed E-state index contributed by atoms with van der Waals surface area (Å²) in [6.07, 6.45) is -0.0106. The van der Waals surface area contributed by atoms with Gasteiger partial charge < -0.3 is 25.6 Å². The van der Waals surface area contributed by atoms with Crippen molar-refractivity contribution in [2.45, 2.75) is 38.8 Å². The van der Waals surface area contributed by atoms with E-state index in [0.717, 1.165) is 5.56 Å². The maximum Gasteiger partial charge on any atom is 0.407 e. The number of nitrogens with one attached hydrogen (secondary N) is 1. The van der Waals surface area contributed by atoms with Gasteiger partial charge in [0.05, 0.1) is 7.11 Å². The fourth-order valence-electron chi connectivity index (χ4n) is 1.81. The lowest BCUT2D eigenvalue weighted by Gasteiger charge is -2.23. The third-order valence-corrected chi connectivity index (χ3v) is 2.73. The van der Waals surface area contributed by atoms with E-state index < -0.39 is 11.7 Å². The molecule has 0 aliphatic rings. The van der Waals surface area contributed by atoms with Gasteiger partial charge in [-0.15, -0.1) is 0 Å². The number of phenolic OH excluding ortho intramolecular Hbond substituents is 1. The molecule has 6 heteroatoms. The van der Waals surface area contributed by atoms with Crippen molar-refractivity contribution in [3.8, 4) is 11.5 Å². The molecule has 0 fully saturated rings. The minimum Gasteiger partial charge on any atom is -0.504 e. The summed E-state index contributed by atoms with van der Waals surface area (Å²) in [5.74, 6) is 0.464. The third kappa shape index (κ3) is 5.91. The highest BCUT2D eigenvalue weighted by atomic mass is 16.6. The minimum atomic E-state index is -0.554. The lowest BCUT2D eigenvalue weighted by atomic mass is 10.1. The number of nitrogens with two attached hydrogens (primary N) is 1. The van der Waals surface area contributed by atoms with E-state index in [2.05, 4.69) is 5.32 Å². The zero-order chi connectivity index (χ0) is 16.0. The second-order valence-corrected chi connectivity index (χ2v) is 5.79. The molecule has 0 saturated heterocycles. The van der Waals surface area contributed by atoms with Crippen molar-refractivity contribution in [2.75, 3.05) is 13.7 Å². The molecule has 0 bridgehead atoms. The Kier molecular flexibility index (Phi) is 5.84. The Hall–Kier alpha value is -1.95. The number of methoxy groups -OCH3 is 1. The van der Waals surface area contributed by atoms with Crippen LogP contribution in [0, 0.1) is 0 Å². The van der Waals surface area contributed by atoms with E-state index in [4.69, 9.17) is 15.2 Å². The lowest BCUT2D eigenvalue weighted by Crippen LogP contribution is -2.44. The van der Waals surface area contributed by atoms with Gasteiger partial charge in [0, 0.05) is 12.6 Å². The predicted octanol–water partition coefficient (Wildman–Crippen LogP) is 1.80. The van der Waals surface area contributed by atoms with Gasteiger partial charge >= 0.3 is 6.09 Å². The van der Waals surface area contributed by atoms with E-state index in [1.54, 1.807) is 32.9 Å². The van der Waals surface area contributed by atoms with Crippen LogP contribution in [0.25, 0.3) is 0 Å². The number of rotatable bonds is 5. The van der Waals surface area contributed by atoms with Crippen molar-refractivity contribution in [3.05, 3.63) is 23.8 Å². The lowest BCUT2D eigenvalue weighted by molar-refractivity contribution is 0.0506. The number of hydrogen-bond donors (Lipinski definition) is 3. The Bertz CT molecular complexity index is 483. The Morgan fingerprint density at radius 3 is 2.57 bits per heavy atom. The van der Waals surface area contributed by atoms with E-state index in [-0.39, 0.29) is 18.3 Å². The van der Waals surface area contributed by atoms with Crippen LogP contribution in [0.15, 0.2) is 18.2 Å². The summed E-state index contributed by atoms with van der Waals surface area (Å²) in [6, 6.07) is 4.81. The molecule has 0 spiro atoms. The van der Waals surface area contributed by atoms with E-state index in [0.29, 0.717) is 12.2 Å². The van der Waals surface area contributed by atoms with Crippen LogP contribution in [-0.4, -0.2) is 36.5 Å². The quantitative estimate of drug-likeness (QED) is 0.770. The smallest absolute Gasteiger partial charge is 0.407 e. The molecule has 1 atom stereocenters. The maximum atomic E-state index is 11.7. The molecule has 1 aromatic rings. The summed E-state index contributed by atoms with van der Waals surface area (Å²) < 4.78 is 10.2. The molecular formula is C15H24N2O4. The van der Waals surface area contributed by atoms with E-state index in [9.17, 15) is 9.90 Å². The second kappa shape index (κ2) is 7.17. The monoisotopic (exact) mass is 296 g/mol. The summed E-state index contributed by atoms with van der Waals surface area (Å²) >= 11 is 0. The van der Waals surface area contributed by atoms with Gasteiger partial charge in [-0.25, -0.2) is 4.79 Å². The van der Waals surface area contributed by atoms with Crippen molar-refractivity contribution < 1.29 is 19.4 Å². The number of hydrogen-bond acceptors (Lipinski definition) is 5. The summed E-state index contributed by atoms with van der Waals surface area (Å²) in [5.41, 5.74) is 5.96. The highest BCUT2D eigenvalue weighted by Crippen LogP contribution is 2.26. The molecule has 1 aromatic carbocycles. The van der Waals surface area contributed by atoms with Gasteiger partial charge in [0.1, 0.15) is 5.60 Å². The first-order chi connectivity index (χ1) is 9.75. The molecule has 0 aliphatic heterocycles. The number of carbonyl (C=O) groups is 1. The van der Waals surface area contributed by atoms with E-state index in [1.807, 2.05) is 6.07 Å². The molecule has 21 heavy (non-hydrogen) atoms.